The van der Waals surface area contributed by atoms with Crippen LogP contribution in [0.1, 0.15) is 37.5 Å². The molecule has 1 aromatic carbocycles. The predicted molar refractivity (Wildman–Crippen MR) is 97.3 cm³/mol. The van der Waals surface area contributed by atoms with Gasteiger partial charge in [-0.25, -0.2) is 4.79 Å². The van der Waals surface area contributed by atoms with Gasteiger partial charge in [0.15, 0.2) is 6.10 Å². The molecule has 0 radical (unpaired) electrons. The highest BCUT2D eigenvalue weighted by atomic mass is 19.4. The van der Waals surface area contributed by atoms with Gasteiger partial charge in [0, 0.05) is 0 Å². The zero-order valence-electron chi connectivity index (χ0n) is 16.6. The molecular weight excluding hydrogens is 427 g/mol. The van der Waals surface area contributed by atoms with Crippen molar-refractivity contribution in [1.29, 1.82) is 0 Å². The highest BCUT2D eigenvalue weighted by Crippen LogP contribution is 2.30. The maximum absolute atomic E-state index is 12.6. The minimum atomic E-state index is -4.62. The number of hydrogen-bond acceptors (Lipinski definition) is 7. The molecule has 1 amide bonds. The van der Waals surface area contributed by atoms with Crippen molar-refractivity contribution in [1.82, 2.24) is 5.32 Å². The summed E-state index contributed by atoms with van der Waals surface area (Å²) in [6.07, 6.45) is -7.38. The van der Waals surface area contributed by atoms with E-state index < -0.39 is 60.0 Å². The van der Waals surface area contributed by atoms with Crippen molar-refractivity contribution in [2.45, 2.75) is 38.6 Å². The van der Waals surface area contributed by atoms with Crippen molar-refractivity contribution in [2.24, 2.45) is 5.92 Å². The Morgan fingerprint density at radius 1 is 1.03 bits per heavy atom. The molecule has 0 saturated carbocycles. The molecule has 0 aliphatic rings. The molecule has 0 spiro atoms. The number of halogens is 3. The third kappa shape index (κ3) is 7.55. The SMILES string of the molecule is CCOC(=O)C[C@H](C(=O)OCC)[C@@H](NC(=O)[C@H](O)c1ccc(C(F)(F)F)cc1)C(=O)O. The number of amides is 1. The average molecular weight is 449 g/mol. The van der Waals surface area contributed by atoms with E-state index in [0.717, 1.165) is 12.1 Å². The first-order chi connectivity index (χ1) is 14.4. The van der Waals surface area contributed by atoms with E-state index in [4.69, 9.17) is 9.47 Å². The van der Waals surface area contributed by atoms with E-state index in [1.165, 1.54) is 13.8 Å². The number of alkyl halides is 3. The van der Waals surface area contributed by atoms with Crippen LogP contribution in [-0.2, 0) is 34.8 Å². The molecule has 0 unspecified atom stereocenters. The minimum Gasteiger partial charge on any atom is -0.480 e. The number of carboxylic acids is 1. The summed E-state index contributed by atoms with van der Waals surface area (Å²) >= 11 is 0. The van der Waals surface area contributed by atoms with E-state index in [9.17, 15) is 42.6 Å². The van der Waals surface area contributed by atoms with Crippen molar-refractivity contribution >= 4 is 23.8 Å². The van der Waals surface area contributed by atoms with Gasteiger partial charge in [-0.2, -0.15) is 13.2 Å². The first-order valence-electron chi connectivity index (χ1n) is 9.12. The zero-order chi connectivity index (χ0) is 23.8. The van der Waals surface area contributed by atoms with Crippen molar-refractivity contribution in [3.8, 4) is 0 Å². The van der Waals surface area contributed by atoms with Gasteiger partial charge in [-0.15, -0.1) is 0 Å². The number of aliphatic hydroxyl groups is 1. The van der Waals surface area contributed by atoms with Crippen LogP contribution in [0.3, 0.4) is 0 Å². The molecular formula is C19H22F3NO8. The Morgan fingerprint density at radius 2 is 1.58 bits per heavy atom. The van der Waals surface area contributed by atoms with E-state index in [0.29, 0.717) is 12.1 Å². The Morgan fingerprint density at radius 3 is 2.03 bits per heavy atom. The van der Waals surface area contributed by atoms with Gasteiger partial charge in [-0.3, -0.25) is 14.4 Å². The number of ether oxygens (including phenoxy) is 2. The molecule has 0 saturated heterocycles. The second-order valence-corrected chi connectivity index (χ2v) is 6.21. The second-order valence-electron chi connectivity index (χ2n) is 6.21. The molecule has 0 aliphatic carbocycles. The number of hydrogen-bond donors (Lipinski definition) is 3. The lowest BCUT2D eigenvalue weighted by molar-refractivity contribution is -0.160. The summed E-state index contributed by atoms with van der Waals surface area (Å²) in [5.74, 6) is -6.67. The van der Waals surface area contributed by atoms with E-state index in [1.807, 2.05) is 5.32 Å². The van der Waals surface area contributed by atoms with E-state index in [-0.39, 0.29) is 18.8 Å². The number of aliphatic hydroxyl groups excluding tert-OH is 1. The number of carboxylic acid groups (broad SMARTS) is 1. The van der Waals surface area contributed by atoms with Gasteiger partial charge in [-0.05, 0) is 31.5 Å². The van der Waals surface area contributed by atoms with Crippen LogP contribution in [0.15, 0.2) is 24.3 Å². The summed E-state index contributed by atoms with van der Waals surface area (Å²) in [4.78, 5) is 47.9. The number of esters is 2. The summed E-state index contributed by atoms with van der Waals surface area (Å²) in [5.41, 5.74) is -1.25. The molecule has 31 heavy (non-hydrogen) atoms. The van der Waals surface area contributed by atoms with Gasteiger partial charge in [0.1, 0.15) is 6.04 Å². The molecule has 3 N–H and O–H groups in total. The van der Waals surface area contributed by atoms with Gasteiger partial charge in [0.25, 0.3) is 5.91 Å². The van der Waals surface area contributed by atoms with Crippen LogP contribution in [0.4, 0.5) is 13.2 Å². The zero-order valence-corrected chi connectivity index (χ0v) is 16.6. The average Bonchev–Trinajstić information content (AvgIpc) is 2.69. The van der Waals surface area contributed by atoms with Crippen LogP contribution in [0.25, 0.3) is 0 Å². The molecule has 9 nitrogen and oxygen atoms in total. The van der Waals surface area contributed by atoms with E-state index in [2.05, 4.69) is 0 Å². The van der Waals surface area contributed by atoms with Crippen LogP contribution in [-0.4, -0.2) is 53.3 Å². The van der Waals surface area contributed by atoms with Crippen LogP contribution < -0.4 is 5.32 Å². The van der Waals surface area contributed by atoms with Crippen LogP contribution in [0, 0.1) is 5.92 Å². The fraction of sp³-hybridized carbons (Fsp3) is 0.474. The van der Waals surface area contributed by atoms with Gasteiger partial charge < -0.3 is 25.0 Å². The van der Waals surface area contributed by atoms with Gasteiger partial charge in [0.05, 0.1) is 31.1 Å². The molecule has 172 valence electrons. The highest BCUT2D eigenvalue weighted by molar-refractivity contribution is 5.92. The Kier molecular flexibility index (Phi) is 9.43. The van der Waals surface area contributed by atoms with Crippen molar-refractivity contribution in [2.75, 3.05) is 13.2 Å². The summed E-state index contributed by atoms with van der Waals surface area (Å²) in [6, 6.07) is 1.01. The molecule has 1 rings (SSSR count). The number of aliphatic carboxylic acids is 1. The van der Waals surface area contributed by atoms with Crippen molar-refractivity contribution < 1.29 is 52.0 Å². The van der Waals surface area contributed by atoms with Crippen molar-refractivity contribution in [3.05, 3.63) is 35.4 Å². The summed E-state index contributed by atoms with van der Waals surface area (Å²) in [6.45, 7) is 2.77. The smallest absolute Gasteiger partial charge is 0.416 e. The molecule has 0 heterocycles. The fourth-order valence-electron chi connectivity index (χ4n) is 2.56. The molecule has 1 aromatic rings. The maximum atomic E-state index is 12.6. The largest absolute Gasteiger partial charge is 0.480 e. The summed E-state index contributed by atoms with van der Waals surface area (Å²) in [7, 11) is 0. The highest BCUT2D eigenvalue weighted by Gasteiger charge is 2.39. The van der Waals surface area contributed by atoms with Gasteiger partial charge >= 0.3 is 24.1 Å². The lowest BCUT2D eigenvalue weighted by Gasteiger charge is -2.24. The molecule has 3 atom stereocenters. The molecule has 0 bridgehead atoms. The lowest BCUT2D eigenvalue weighted by atomic mass is 9.95. The minimum absolute atomic E-state index is 0.0366. The number of rotatable bonds is 10. The van der Waals surface area contributed by atoms with E-state index in [1.54, 1.807) is 0 Å². The topological polar surface area (TPSA) is 139 Å². The third-order valence-electron chi connectivity index (χ3n) is 4.05. The molecule has 0 aliphatic heterocycles. The molecule has 12 heteroatoms. The summed E-state index contributed by atoms with van der Waals surface area (Å²) in [5, 5.41) is 21.5. The first kappa shape index (κ1) is 25.9. The van der Waals surface area contributed by atoms with Crippen LogP contribution in [0.2, 0.25) is 0 Å². The lowest BCUT2D eigenvalue weighted by Crippen LogP contribution is -2.51. The predicted octanol–water partition coefficient (Wildman–Crippen LogP) is 1.44. The number of benzene rings is 1. The number of nitrogens with one attached hydrogen (secondary N) is 1. The van der Waals surface area contributed by atoms with Crippen LogP contribution >= 0.6 is 0 Å². The first-order valence-corrected chi connectivity index (χ1v) is 9.12. The summed E-state index contributed by atoms with van der Waals surface area (Å²) < 4.78 is 47.4. The van der Waals surface area contributed by atoms with Crippen molar-refractivity contribution in [3.63, 3.8) is 0 Å². The quantitative estimate of drug-likeness (QED) is 0.456. The number of carbonyl (C=O) groups excluding carboxylic acids is 3. The van der Waals surface area contributed by atoms with Gasteiger partial charge in [-0.1, -0.05) is 12.1 Å². The molecule has 0 aromatic heterocycles. The Bertz CT molecular complexity index is 794. The monoisotopic (exact) mass is 449 g/mol. The second kappa shape index (κ2) is 11.3. The molecule has 0 fully saturated rings. The Balaban J connectivity index is 3.06. The number of carbonyl (C=O) groups is 4. The fourth-order valence-corrected chi connectivity index (χ4v) is 2.56. The Labute approximate surface area is 175 Å². The standard InChI is InChI=1S/C19H22F3NO8/c1-3-30-13(24)9-12(18(29)31-4-2)14(17(27)28)23-16(26)15(25)10-5-7-11(8-6-10)19(20,21)22/h5-8,12,14-15,25H,3-4,9H2,1-2H3,(H,23,26)(H,27,28)/t12-,14+,15+/m0/s1. The third-order valence-corrected chi connectivity index (χ3v) is 4.05. The van der Waals surface area contributed by atoms with Gasteiger partial charge in [0.2, 0.25) is 0 Å². The maximum Gasteiger partial charge on any atom is 0.416 e. The Hall–Kier alpha value is -3.15. The van der Waals surface area contributed by atoms with Crippen LogP contribution in [0.5, 0.6) is 0 Å². The normalized spacial score (nSPS) is 14.1. The van der Waals surface area contributed by atoms with E-state index >= 15 is 0 Å².